The first-order valence-electron chi connectivity index (χ1n) is 8.97. The van der Waals surface area contributed by atoms with Crippen LogP contribution in [0.25, 0.3) is 0 Å². The highest BCUT2D eigenvalue weighted by Gasteiger charge is 2.20. The van der Waals surface area contributed by atoms with E-state index in [0.29, 0.717) is 23.7 Å². The van der Waals surface area contributed by atoms with Gasteiger partial charge in [0.15, 0.2) is 0 Å². The minimum absolute atomic E-state index is 0.169. The predicted molar refractivity (Wildman–Crippen MR) is 105 cm³/mol. The molecule has 2 heterocycles. The average Bonchev–Trinajstić information content (AvgIpc) is 3.03. The third-order valence-electron chi connectivity index (χ3n) is 4.77. The van der Waals surface area contributed by atoms with E-state index in [9.17, 15) is 4.39 Å². The van der Waals surface area contributed by atoms with Gasteiger partial charge in [0, 0.05) is 26.2 Å². The molecule has 1 fully saturated rings. The van der Waals surface area contributed by atoms with Gasteiger partial charge in [0.05, 0.1) is 18.9 Å². The zero-order valence-electron chi connectivity index (χ0n) is 14.9. The van der Waals surface area contributed by atoms with Gasteiger partial charge >= 0.3 is 0 Å². The molecule has 0 unspecified atom stereocenters. The van der Waals surface area contributed by atoms with Gasteiger partial charge in [-0.3, -0.25) is 4.90 Å². The van der Waals surface area contributed by atoms with Crippen LogP contribution in [0.3, 0.4) is 0 Å². The number of tetrazole rings is 1. The first-order chi connectivity index (χ1) is 13.2. The fraction of sp³-hybridized carbons (Fsp3) is 0.316. The molecule has 3 aromatic rings. The van der Waals surface area contributed by atoms with E-state index in [1.54, 1.807) is 15.4 Å². The van der Waals surface area contributed by atoms with Crippen molar-refractivity contribution in [2.45, 2.75) is 13.2 Å². The van der Waals surface area contributed by atoms with Gasteiger partial charge < -0.3 is 4.90 Å². The first-order valence-corrected chi connectivity index (χ1v) is 9.38. The van der Waals surface area contributed by atoms with Crippen molar-refractivity contribution in [3.8, 4) is 0 Å². The summed E-state index contributed by atoms with van der Waals surface area (Å²) < 4.78 is 18.0. The SMILES string of the molecule is Fc1ccccc1N1CCN(Cn2nnn(Cc3ccccc3)c2=S)CC1. The minimum atomic E-state index is -0.169. The van der Waals surface area contributed by atoms with Gasteiger partial charge in [-0.05, 0) is 40.3 Å². The molecule has 0 bridgehead atoms. The molecule has 1 aromatic heterocycles. The van der Waals surface area contributed by atoms with Gasteiger partial charge in [0.1, 0.15) is 5.82 Å². The molecule has 0 N–H and O–H groups in total. The van der Waals surface area contributed by atoms with Crippen LogP contribution in [0.15, 0.2) is 54.6 Å². The summed E-state index contributed by atoms with van der Waals surface area (Å²) in [5.41, 5.74) is 1.81. The molecule has 0 aliphatic carbocycles. The standard InChI is InChI=1S/C19H21FN6S/c20-17-8-4-5-9-18(17)24-12-10-23(11-13-24)15-26-19(27)25(21-22-26)14-16-6-2-1-3-7-16/h1-9H,10-15H2. The van der Waals surface area contributed by atoms with Gasteiger partial charge in [-0.15, -0.1) is 0 Å². The van der Waals surface area contributed by atoms with E-state index in [0.717, 1.165) is 31.7 Å². The number of piperazine rings is 1. The van der Waals surface area contributed by atoms with Crippen LogP contribution in [-0.2, 0) is 13.2 Å². The molecule has 0 radical (unpaired) electrons. The fourth-order valence-corrected chi connectivity index (χ4v) is 3.47. The lowest BCUT2D eigenvalue weighted by atomic mass is 10.2. The summed E-state index contributed by atoms with van der Waals surface area (Å²) in [4.78, 5) is 4.34. The maximum absolute atomic E-state index is 14.0. The zero-order valence-corrected chi connectivity index (χ0v) is 15.7. The Morgan fingerprint density at radius 3 is 2.26 bits per heavy atom. The number of anilines is 1. The minimum Gasteiger partial charge on any atom is -0.367 e. The van der Waals surface area contributed by atoms with E-state index in [2.05, 4.69) is 20.2 Å². The van der Waals surface area contributed by atoms with Crippen molar-refractivity contribution >= 4 is 17.9 Å². The van der Waals surface area contributed by atoms with Gasteiger partial charge in [0.25, 0.3) is 0 Å². The van der Waals surface area contributed by atoms with Crippen LogP contribution < -0.4 is 4.90 Å². The Bertz CT molecular complexity index is 946. The van der Waals surface area contributed by atoms with E-state index in [1.165, 1.54) is 6.07 Å². The molecule has 4 rings (SSSR count). The van der Waals surface area contributed by atoms with Gasteiger partial charge in [-0.1, -0.05) is 42.5 Å². The monoisotopic (exact) mass is 384 g/mol. The Hall–Kier alpha value is -2.58. The molecule has 8 heteroatoms. The molecule has 0 spiro atoms. The van der Waals surface area contributed by atoms with E-state index >= 15 is 0 Å². The molecule has 2 aromatic carbocycles. The van der Waals surface area contributed by atoms with Crippen LogP contribution in [0.1, 0.15) is 5.56 Å². The number of nitrogens with zero attached hydrogens (tertiary/aromatic N) is 6. The Kier molecular flexibility index (Phi) is 5.26. The number of aromatic nitrogens is 4. The summed E-state index contributed by atoms with van der Waals surface area (Å²) in [6.07, 6.45) is 0. The maximum Gasteiger partial charge on any atom is 0.217 e. The average molecular weight is 384 g/mol. The summed E-state index contributed by atoms with van der Waals surface area (Å²) in [5, 5.41) is 8.40. The van der Waals surface area contributed by atoms with Crippen molar-refractivity contribution in [2.75, 3.05) is 31.1 Å². The first kappa shape index (κ1) is 17.8. The number of para-hydroxylation sites is 1. The zero-order chi connectivity index (χ0) is 18.6. The highest BCUT2D eigenvalue weighted by Crippen LogP contribution is 2.20. The fourth-order valence-electron chi connectivity index (χ4n) is 3.28. The van der Waals surface area contributed by atoms with E-state index in [-0.39, 0.29) is 5.82 Å². The maximum atomic E-state index is 14.0. The van der Waals surface area contributed by atoms with Crippen LogP contribution >= 0.6 is 12.2 Å². The van der Waals surface area contributed by atoms with Gasteiger partial charge in [-0.25, -0.2) is 13.8 Å². The van der Waals surface area contributed by atoms with Crippen LogP contribution in [0.2, 0.25) is 0 Å². The third kappa shape index (κ3) is 4.06. The van der Waals surface area contributed by atoms with Crippen LogP contribution in [0.4, 0.5) is 10.1 Å². The van der Waals surface area contributed by atoms with E-state index in [1.807, 2.05) is 42.5 Å². The molecular formula is C19H21FN6S. The topological polar surface area (TPSA) is 42.1 Å². The number of halogens is 1. The van der Waals surface area contributed by atoms with E-state index < -0.39 is 0 Å². The Labute approximate surface area is 162 Å². The van der Waals surface area contributed by atoms with Gasteiger partial charge in [-0.2, -0.15) is 0 Å². The Balaban J connectivity index is 1.37. The second-order valence-corrected chi connectivity index (χ2v) is 6.97. The second kappa shape index (κ2) is 7.98. The lowest BCUT2D eigenvalue weighted by Crippen LogP contribution is -2.47. The molecule has 27 heavy (non-hydrogen) atoms. The highest BCUT2D eigenvalue weighted by molar-refractivity contribution is 7.71. The number of benzene rings is 2. The molecule has 0 amide bonds. The number of hydrogen-bond donors (Lipinski definition) is 0. The molecule has 1 aliphatic heterocycles. The molecule has 0 atom stereocenters. The molecule has 0 saturated carbocycles. The Morgan fingerprint density at radius 2 is 1.52 bits per heavy atom. The van der Waals surface area contributed by atoms with Crippen LogP contribution in [0.5, 0.6) is 0 Å². The lowest BCUT2D eigenvalue weighted by Gasteiger charge is -2.35. The summed E-state index contributed by atoms with van der Waals surface area (Å²) in [5.74, 6) is -0.169. The van der Waals surface area contributed by atoms with Crippen molar-refractivity contribution in [2.24, 2.45) is 0 Å². The van der Waals surface area contributed by atoms with Crippen molar-refractivity contribution in [3.05, 3.63) is 70.7 Å². The molecule has 1 saturated heterocycles. The summed E-state index contributed by atoms with van der Waals surface area (Å²) in [7, 11) is 0. The molecule has 6 nitrogen and oxygen atoms in total. The normalized spacial score (nSPS) is 15.2. The number of rotatable bonds is 5. The highest BCUT2D eigenvalue weighted by atomic mass is 32.1. The van der Waals surface area contributed by atoms with Crippen molar-refractivity contribution < 1.29 is 4.39 Å². The van der Waals surface area contributed by atoms with Crippen LogP contribution in [0, 0.1) is 10.6 Å². The third-order valence-corrected chi connectivity index (χ3v) is 5.19. The molecule has 140 valence electrons. The predicted octanol–water partition coefficient (Wildman–Crippen LogP) is 2.78. The van der Waals surface area contributed by atoms with Crippen molar-refractivity contribution in [3.63, 3.8) is 0 Å². The van der Waals surface area contributed by atoms with Gasteiger partial charge in [0.2, 0.25) is 4.77 Å². The number of hydrogen-bond acceptors (Lipinski definition) is 5. The summed E-state index contributed by atoms with van der Waals surface area (Å²) in [6.45, 7) is 4.39. The van der Waals surface area contributed by atoms with E-state index in [4.69, 9.17) is 12.2 Å². The largest absolute Gasteiger partial charge is 0.367 e. The molecular weight excluding hydrogens is 363 g/mol. The molecule has 1 aliphatic rings. The second-order valence-electron chi connectivity index (χ2n) is 6.60. The Morgan fingerprint density at radius 1 is 0.852 bits per heavy atom. The van der Waals surface area contributed by atoms with Crippen molar-refractivity contribution in [1.82, 2.24) is 24.7 Å². The van der Waals surface area contributed by atoms with Crippen molar-refractivity contribution in [1.29, 1.82) is 0 Å². The smallest absolute Gasteiger partial charge is 0.217 e. The summed E-state index contributed by atoms with van der Waals surface area (Å²) in [6, 6.07) is 17.0. The quantitative estimate of drug-likeness (QED) is 0.633. The summed E-state index contributed by atoms with van der Waals surface area (Å²) >= 11 is 5.52. The van der Waals surface area contributed by atoms with Crippen LogP contribution in [-0.4, -0.2) is 50.9 Å². The lowest BCUT2D eigenvalue weighted by molar-refractivity contribution is 0.192.